The van der Waals surface area contributed by atoms with Crippen molar-refractivity contribution in [1.29, 1.82) is 0 Å². The molecule has 1 fully saturated rings. The SMILES string of the molecule is Cc1cc(Cc2cc(C)[nH]n2)nc(C2(O)CCC(C(=O)NCc3ccc(-n4nc(C)cc4C)nc3)C2)c1. The number of hydrogen-bond donors (Lipinski definition) is 3. The minimum atomic E-state index is -1.12. The van der Waals surface area contributed by atoms with Crippen molar-refractivity contribution in [2.45, 2.75) is 65.5 Å². The number of aromatic nitrogens is 6. The molecule has 1 aliphatic carbocycles. The molecule has 0 bridgehead atoms. The van der Waals surface area contributed by atoms with Gasteiger partial charge in [0.05, 0.1) is 17.1 Å². The number of carbonyl (C=O) groups is 1. The summed E-state index contributed by atoms with van der Waals surface area (Å²) in [6.45, 7) is 8.29. The fourth-order valence-corrected chi connectivity index (χ4v) is 5.14. The molecule has 0 radical (unpaired) electrons. The fourth-order valence-electron chi connectivity index (χ4n) is 5.14. The number of nitrogens with zero attached hydrogens (tertiary/aromatic N) is 5. The van der Waals surface area contributed by atoms with Crippen molar-refractivity contribution < 1.29 is 9.90 Å². The van der Waals surface area contributed by atoms with Gasteiger partial charge in [-0.3, -0.25) is 14.9 Å². The van der Waals surface area contributed by atoms with Crippen LogP contribution in [-0.2, 0) is 23.4 Å². The molecule has 1 amide bonds. The van der Waals surface area contributed by atoms with Gasteiger partial charge in [0.25, 0.3) is 0 Å². The van der Waals surface area contributed by atoms with Crippen molar-refractivity contribution in [3.8, 4) is 5.82 Å². The van der Waals surface area contributed by atoms with Gasteiger partial charge in [-0.2, -0.15) is 10.2 Å². The fraction of sp³-hybridized carbons (Fsp3) is 0.393. The van der Waals surface area contributed by atoms with Crippen LogP contribution in [0, 0.1) is 33.6 Å². The molecule has 5 rings (SSSR count). The number of aromatic amines is 1. The van der Waals surface area contributed by atoms with Gasteiger partial charge in [0.2, 0.25) is 5.91 Å². The average Bonchev–Trinajstić information content (AvgIpc) is 3.56. The van der Waals surface area contributed by atoms with Crippen LogP contribution in [0.5, 0.6) is 0 Å². The normalized spacial score (nSPS) is 19.3. The lowest BCUT2D eigenvalue weighted by Gasteiger charge is -2.23. The summed E-state index contributed by atoms with van der Waals surface area (Å²) in [4.78, 5) is 22.2. The van der Waals surface area contributed by atoms with Crippen LogP contribution in [0.4, 0.5) is 0 Å². The molecule has 9 nitrogen and oxygen atoms in total. The molecule has 4 heterocycles. The van der Waals surface area contributed by atoms with Crippen LogP contribution in [0.3, 0.4) is 0 Å². The zero-order valence-electron chi connectivity index (χ0n) is 21.7. The summed E-state index contributed by atoms with van der Waals surface area (Å²) >= 11 is 0. The summed E-state index contributed by atoms with van der Waals surface area (Å²) in [7, 11) is 0. The highest BCUT2D eigenvalue weighted by Crippen LogP contribution is 2.42. The third-order valence-electron chi connectivity index (χ3n) is 6.98. The summed E-state index contributed by atoms with van der Waals surface area (Å²) < 4.78 is 1.80. The molecule has 9 heteroatoms. The predicted octanol–water partition coefficient (Wildman–Crippen LogP) is 3.51. The van der Waals surface area contributed by atoms with Gasteiger partial charge in [0.15, 0.2) is 5.82 Å². The van der Waals surface area contributed by atoms with E-state index in [0.29, 0.717) is 37.9 Å². The second kappa shape index (κ2) is 9.89. The number of H-pyrrole nitrogens is 1. The molecular formula is C28H33N7O2. The van der Waals surface area contributed by atoms with E-state index in [2.05, 4.69) is 25.6 Å². The van der Waals surface area contributed by atoms with Gasteiger partial charge in [0, 0.05) is 42.2 Å². The second-order valence-corrected chi connectivity index (χ2v) is 10.3. The Balaban J connectivity index is 1.21. The first-order chi connectivity index (χ1) is 17.7. The van der Waals surface area contributed by atoms with E-state index in [4.69, 9.17) is 4.98 Å². The lowest BCUT2D eigenvalue weighted by Crippen LogP contribution is -2.31. The number of pyridine rings is 2. The molecule has 4 aromatic heterocycles. The Bertz CT molecular complexity index is 1420. The van der Waals surface area contributed by atoms with Gasteiger partial charge in [0.1, 0.15) is 5.60 Å². The molecule has 0 aliphatic heterocycles. The van der Waals surface area contributed by atoms with Crippen molar-refractivity contribution in [3.63, 3.8) is 0 Å². The Hall–Kier alpha value is -3.85. The Morgan fingerprint density at radius 2 is 2.00 bits per heavy atom. The molecule has 2 unspecified atom stereocenters. The van der Waals surface area contributed by atoms with Crippen LogP contribution in [-0.4, -0.2) is 41.0 Å². The van der Waals surface area contributed by atoms with Crippen LogP contribution >= 0.6 is 0 Å². The maximum absolute atomic E-state index is 13.0. The van der Waals surface area contributed by atoms with Crippen LogP contribution in [0.1, 0.15) is 64.6 Å². The van der Waals surface area contributed by atoms with Crippen LogP contribution in [0.15, 0.2) is 42.6 Å². The van der Waals surface area contributed by atoms with E-state index < -0.39 is 5.60 Å². The molecule has 1 aliphatic rings. The summed E-state index contributed by atoms with van der Waals surface area (Å²) in [5, 5.41) is 26.2. The summed E-state index contributed by atoms with van der Waals surface area (Å²) in [6, 6.07) is 11.8. The second-order valence-electron chi connectivity index (χ2n) is 10.3. The van der Waals surface area contributed by atoms with Crippen molar-refractivity contribution >= 4 is 5.91 Å². The Morgan fingerprint density at radius 3 is 2.68 bits per heavy atom. The van der Waals surface area contributed by atoms with Gasteiger partial charge < -0.3 is 10.4 Å². The van der Waals surface area contributed by atoms with E-state index in [1.807, 2.05) is 64.1 Å². The number of hydrogen-bond acceptors (Lipinski definition) is 6. The summed E-state index contributed by atoms with van der Waals surface area (Å²) in [5.41, 5.74) is 6.19. The molecule has 3 N–H and O–H groups in total. The molecule has 0 spiro atoms. The van der Waals surface area contributed by atoms with E-state index in [1.54, 1.807) is 10.9 Å². The van der Waals surface area contributed by atoms with Crippen molar-refractivity contribution in [2.24, 2.45) is 5.92 Å². The molecule has 0 saturated heterocycles. The first-order valence-corrected chi connectivity index (χ1v) is 12.7. The predicted molar refractivity (Wildman–Crippen MR) is 139 cm³/mol. The van der Waals surface area contributed by atoms with E-state index in [9.17, 15) is 9.90 Å². The maximum Gasteiger partial charge on any atom is 0.223 e. The smallest absolute Gasteiger partial charge is 0.223 e. The van der Waals surface area contributed by atoms with Crippen LogP contribution < -0.4 is 5.32 Å². The van der Waals surface area contributed by atoms with Gasteiger partial charge in [-0.05, 0) is 88.4 Å². The monoisotopic (exact) mass is 499 g/mol. The zero-order chi connectivity index (χ0) is 26.2. The number of nitrogens with one attached hydrogen (secondary N) is 2. The largest absolute Gasteiger partial charge is 0.384 e. The average molecular weight is 500 g/mol. The van der Waals surface area contributed by atoms with Crippen LogP contribution in [0.25, 0.3) is 5.82 Å². The number of aliphatic hydroxyl groups is 1. The number of aryl methyl sites for hydroxylation is 4. The third kappa shape index (κ3) is 5.46. The molecule has 4 aromatic rings. The standard InChI is InChI=1S/C28H33N7O2/c1-17-9-23(13-24-12-18(2)32-33-24)31-25(10-17)28(37)8-7-22(14-28)27(36)30-16-21-5-6-26(29-15-21)35-20(4)11-19(3)34-35/h5-6,9-12,15,22,37H,7-8,13-14,16H2,1-4H3,(H,30,36)(H,32,33). The molecule has 192 valence electrons. The Kier molecular flexibility index (Phi) is 6.64. The highest BCUT2D eigenvalue weighted by molar-refractivity contribution is 5.79. The zero-order valence-corrected chi connectivity index (χ0v) is 21.7. The quantitative estimate of drug-likeness (QED) is 0.358. The van der Waals surface area contributed by atoms with E-state index in [0.717, 1.165) is 45.4 Å². The molecule has 37 heavy (non-hydrogen) atoms. The first-order valence-electron chi connectivity index (χ1n) is 12.7. The lowest BCUT2D eigenvalue weighted by atomic mass is 9.93. The maximum atomic E-state index is 13.0. The number of amides is 1. The van der Waals surface area contributed by atoms with E-state index >= 15 is 0 Å². The van der Waals surface area contributed by atoms with Gasteiger partial charge in [-0.1, -0.05) is 6.07 Å². The van der Waals surface area contributed by atoms with E-state index in [-0.39, 0.29) is 11.8 Å². The van der Waals surface area contributed by atoms with Gasteiger partial charge in [-0.25, -0.2) is 9.67 Å². The van der Waals surface area contributed by atoms with E-state index in [1.165, 1.54) is 0 Å². The molecular weight excluding hydrogens is 466 g/mol. The number of carbonyl (C=O) groups excluding carboxylic acids is 1. The highest BCUT2D eigenvalue weighted by atomic mass is 16.3. The third-order valence-corrected chi connectivity index (χ3v) is 6.98. The minimum Gasteiger partial charge on any atom is -0.384 e. The number of rotatable bonds is 7. The highest BCUT2D eigenvalue weighted by Gasteiger charge is 2.42. The minimum absolute atomic E-state index is 0.0570. The van der Waals surface area contributed by atoms with Gasteiger partial charge in [-0.15, -0.1) is 0 Å². The van der Waals surface area contributed by atoms with Crippen molar-refractivity contribution in [3.05, 3.63) is 87.9 Å². The molecule has 1 saturated carbocycles. The lowest BCUT2D eigenvalue weighted by molar-refractivity contribution is -0.125. The first kappa shape index (κ1) is 24.8. The summed E-state index contributed by atoms with van der Waals surface area (Å²) in [5.74, 6) is 0.416. The Labute approximate surface area is 216 Å². The summed E-state index contributed by atoms with van der Waals surface area (Å²) in [6.07, 6.45) is 3.81. The Morgan fingerprint density at radius 1 is 1.16 bits per heavy atom. The van der Waals surface area contributed by atoms with Gasteiger partial charge >= 0.3 is 0 Å². The molecule has 2 atom stereocenters. The van der Waals surface area contributed by atoms with Crippen LogP contribution in [0.2, 0.25) is 0 Å². The van der Waals surface area contributed by atoms with Crippen molar-refractivity contribution in [2.75, 3.05) is 0 Å². The molecule has 0 aromatic carbocycles. The van der Waals surface area contributed by atoms with Crippen molar-refractivity contribution in [1.82, 2.24) is 35.3 Å². The topological polar surface area (TPSA) is 122 Å².